The van der Waals surface area contributed by atoms with Crippen LogP contribution in [0.5, 0.6) is 0 Å². The Labute approximate surface area is 179 Å². The molecule has 0 amide bonds. The molecule has 0 fully saturated rings. The van der Waals surface area contributed by atoms with Crippen LogP contribution in [0.15, 0.2) is 51.6 Å². The van der Waals surface area contributed by atoms with Crippen molar-refractivity contribution in [3.05, 3.63) is 48.2 Å². The van der Waals surface area contributed by atoms with Crippen molar-refractivity contribution in [2.24, 2.45) is 16.6 Å². The second-order valence-electron chi connectivity index (χ2n) is 9.91. The van der Waals surface area contributed by atoms with Crippen LogP contribution in [0, 0.1) is 18.8 Å². The number of hydrogen-bond acceptors (Lipinski definition) is 2. The number of furan rings is 1. The van der Waals surface area contributed by atoms with Gasteiger partial charge >= 0.3 is 0 Å². The van der Waals surface area contributed by atoms with E-state index in [2.05, 4.69) is 95.6 Å². The average Bonchev–Trinajstić information content (AvgIpc) is 3.06. The topological polar surface area (TPSA) is 28.7 Å². The molecule has 0 aliphatic heterocycles. The van der Waals surface area contributed by atoms with E-state index in [0.29, 0.717) is 11.8 Å². The summed E-state index contributed by atoms with van der Waals surface area (Å²) in [5.74, 6) is 2.28. The van der Waals surface area contributed by atoms with Gasteiger partial charge in [-0.05, 0) is 55.9 Å². The minimum Gasteiger partial charge on any atom is -0.459 e. The van der Waals surface area contributed by atoms with Crippen molar-refractivity contribution in [2.75, 3.05) is 13.1 Å². The molecule has 0 aliphatic rings. The standard InChI is InChI=1S/C25H41N2OP/c1-20(2)16-18-27(19-17-21(3)4)29(25(6,7)8,24-15-14-22(5)28-24)26-23-12-10-9-11-13-23/h9-15,20-21H,16-19H2,1-8H3/t29-/m1/s1. The molecule has 0 aliphatic carbocycles. The van der Waals surface area contributed by atoms with Gasteiger partial charge in [0.15, 0.2) is 5.50 Å². The molecule has 1 aromatic heterocycles. The molecule has 1 heterocycles. The van der Waals surface area contributed by atoms with Crippen LogP contribution in [0.2, 0.25) is 0 Å². The first kappa shape index (κ1) is 24.0. The van der Waals surface area contributed by atoms with Gasteiger partial charge in [0.25, 0.3) is 0 Å². The van der Waals surface area contributed by atoms with Gasteiger partial charge in [0.2, 0.25) is 0 Å². The van der Waals surface area contributed by atoms with E-state index in [4.69, 9.17) is 9.16 Å². The summed E-state index contributed by atoms with van der Waals surface area (Å²) in [4.78, 5) is 0. The van der Waals surface area contributed by atoms with Crippen LogP contribution in [-0.2, 0) is 0 Å². The summed E-state index contributed by atoms with van der Waals surface area (Å²) < 4.78 is 14.6. The Balaban J connectivity index is 2.74. The van der Waals surface area contributed by atoms with Gasteiger partial charge in [-0.15, -0.1) is 0 Å². The number of rotatable bonds is 9. The molecule has 1 aromatic carbocycles. The molecule has 0 bridgehead atoms. The summed E-state index contributed by atoms with van der Waals surface area (Å²) in [6, 6.07) is 14.7. The summed E-state index contributed by atoms with van der Waals surface area (Å²) >= 11 is 0. The van der Waals surface area contributed by atoms with Crippen LogP contribution in [-0.4, -0.2) is 22.9 Å². The summed E-state index contributed by atoms with van der Waals surface area (Å²) in [6.07, 6.45) is 2.33. The Bertz CT molecular complexity index is 788. The van der Waals surface area contributed by atoms with Crippen molar-refractivity contribution in [3.63, 3.8) is 0 Å². The summed E-state index contributed by atoms with van der Waals surface area (Å²) in [6.45, 7) is 20.4. The summed E-state index contributed by atoms with van der Waals surface area (Å²) in [7, 11) is -2.16. The lowest BCUT2D eigenvalue weighted by atomic mass is 10.1. The monoisotopic (exact) mass is 416 g/mol. The number of nitrogens with zero attached hydrogens (tertiary/aromatic N) is 2. The van der Waals surface area contributed by atoms with E-state index < -0.39 is 7.21 Å². The predicted molar refractivity (Wildman–Crippen MR) is 129 cm³/mol. The van der Waals surface area contributed by atoms with Gasteiger partial charge in [0, 0.05) is 18.2 Å². The van der Waals surface area contributed by atoms with E-state index in [1.807, 2.05) is 6.92 Å². The van der Waals surface area contributed by atoms with E-state index in [1.165, 1.54) is 12.8 Å². The van der Waals surface area contributed by atoms with Crippen molar-refractivity contribution in [1.29, 1.82) is 0 Å². The lowest BCUT2D eigenvalue weighted by molar-refractivity contribution is 0.368. The van der Waals surface area contributed by atoms with Crippen LogP contribution >= 0.6 is 7.21 Å². The fourth-order valence-corrected chi connectivity index (χ4v) is 7.77. The molecule has 162 valence electrons. The molecule has 2 rings (SSSR count). The van der Waals surface area contributed by atoms with Gasteiger partial charge in [-0.3, -0.25) is 4.67 Å². The third kappa shape index (κ3) is 6.09. The maximum Gasteiger partial charge on any atom is 0.157 e. The van der Waals surface area contributed by atoms with E-state index in [0.717, 1.165) is 30.0 Å². The predicted octanol–water partition coefficient (Wildman–Crippen LogP) is 7.85. The zero-order valence-electron chi connectivity index (χ0n) is 19.8. The van der Waals surface area contributed by atoms with Gasteiger partial charge in [-0.25, -0.2) is 4.74 Å². The number of benzene rings is 1. The average molecular weight is 417 g/mol. The van der Waals surface area contributed by atoms with Gasteiger partial charge in [0.1, 0.15) is 13.0 Å². The molecule has 2 aromatic rings. The molecule has 3 nitrogen and oxygen atoms in total. The zero-order chi connectivity index (χ0) is 21.7. The van der Waals surface area contributed by atoms with Gasteiger partial charge in [-0.2, -0.15) is 0 Å². The van der Waals surface area contributed by atoms with Crippen LogP contribution in [0.25, 0.3) is 0 Å². The SMILES string of the molecule is Cc1ccc([P@@](=Nc2ccccc2)(N(CCC(C)C)CCC(C)C)C(C)(C)C)o1. The van der Waals surface area contributed by atoms with Crippen LogP contribution < -0.4 is 5.50 Å². The third-order valence-corrected chi connectivity index (χ3v) is 9.79. The zero-order valence-corrected chi connectivity index (χ0v) is 20.7. The lowest BCUT2D eigenvalue weighted by Gasteiger charge is -2.44. The van der Waals surface area contributed by atoms with Crippen LogP contribution in [0.1, 0.15) is 67.1 Å². The quantitative estimate of drug-likeness (QED) is 0.389. The molecule has 0 spiro atoms. The normalized spacial score (nSPS) is 14.6. The first-order chi connectivity index (χ1) is 13.6. The highest BCUT2D eigenvalue weighted by molar-refractivity contribution is 7.72. The molecule has 0 radical (unpaired) electrons. The molecule has 0 saturated heterocycles. The molecule has 0 unspecified atom stereocenters. The summed E-state index contributed by atoms with van der Waals surface area (Å²) in [5.41, 5.74) is 2.10. The van der Waals surface area contributed by atoms with Crippen molar-refractivity contribution in [2.45, 2.75) is 73.4 Å². The van der Waals surface area contributed by atoms with Crippen molar-refractivity contribution < 1.29 is 4.42 Å². The largest absolute Gasteiger partial charge is 0.459 e. The Morgan fingerprint density at radius 2 is 1.45 bits per heavy atom. The second kappa shape index (κ2) is 10.1. The van der Waals surface area contributed by atoms with Crippen molar-refractivity contribution in [3.8, 4) is 0 Å². The highest BCUT2D eigenvalue weighted by atomic mass is 31.2. The maximum absolute atomic E-state index is 6.36. The maximum atomic E-state index is 6.36. The fourth-order valence-electron chi connectivity index (χ4n) is 3.62. The Morgan fingerprint density at radius 3 is 1.86 bits per heavy atom. The minimum absolute atomic E-state index is 0.0406. The van der Waals surface area contributed by atoms with E-state index in [-0.39, 0.29) is 5.16 Å². The minimum atomic E-state index is -2.16. The Morgan fingerprint density at radius 1 is 0.897 bits per heavy atom. The van der Waals surface area contributed by atoms with E-state index in [1.54, 1.807) is 0 Å². The van der Waals surface area contributed by atoms with Crippen LogP contribution in [0.4, 0.5) is 5.69 Å². The van der Waals surface area contributed by atoms with Crippen molar-refractivity contribution in [1.82, 2.24) is 4.67 Å². The Hall–Kier alpha value is -1.31. The molecule has 29 heavy (non-hydrogen) atoms. The molecule has 4 heteroatoms. The third-order valence-electron chi connectivity index (χ3n) is 5.32. The number of aryl methyl sites for hydroxylation is 1. The van der Waals surface area contributed by atoms with Crippen molar-refractivity contribution >= 4 is 18.4 Å². The first-order valence-corrected chi connectivity index (χ1v) is 12.8. The smallest absolute Gasteiger partial charge is 0.157 e. The fraction of sp³-hybridized carbons (Fsp3) is 0.600. The van der Waals surface area contributed by atoms with Gasteiger partial charge in [0.05, 0.1) is 5.69 Å². The first-order valence-electron chi connectivity index (χ1n) is 11.1. The highest BCUT2D eigenvalue weighted by Crippen LogP contribution is 2.64. The molecular formula is C25H41N2OP. The lowest BCUT2D eigenvalue weighted by Crippen LogP contribution is -2.38. The Kier molecular flexibility index (Phi) is 8.37. The highest BCUT2D eigenvalue weighted by Gasteiger charge is 2.43. The summed E-state index contributed by atoms with van der Waals surface area (Å²) in [5, 5.41) is -0.0406. The molecular weight excluding hydrogens is 375 g/mol. The van der Waals surface area contributed by atoms with E-state index in [9.17, 15) is 0 Å². The van der Waals surface area contributed by atoms with Crippen LogP contribution in [0.3, 0.4) is 0 Å². The second-order valence-corrected chi connectivity index (χ2v) is 13.7. The molecule has 0 saturated carbocycles. The number of hydrogen-bond donors (Lipinski definition) is 0. The van der Waals surface area contributed by atoms with E-state index >= 15 is 0 Å². The van der Waals surface area contributed by atoms with Gasteiger partial charge in [-0.1, -0.05) is 66.7 Å². The van der Waals surface area contributed by atoms with Gasteiger partial charge < -0.3 is 4.42 Å². The molecule has 0 N–H and O–H groups in total. The molecule has 1 atom stereocenters.